The molecule has 0 aliphatic rings. The minimum absolute atomic E-state index is 0.156. The van der Waals surface area contributed by atoms with Gasteiger partial charge < -0.3 is 0 Å². The van der Waals surface area contributed by atoms with Gasteiger partial charge in [-0.1, -0.05) is 0 Å². The van der Waals surface area contributed by atoms with Crippen LogP contribution in [-0.2, 0) is 9.59 Å². The van der Waals surface area contributed by atoms with E-state index in [-0.39, 0.29) is 23.8 Å². The maximum Gasteiger partial charge on any atom is 0.164 e. The van der Waals surface area contributed by atoms with Crippen molar-refractivity contribution in [1.82, 2.24) is 0 Å². The fourth-order valence-electron chi connectivity index (χ4n) is 1.51. The molecule has 0 radical (unpaired) electrons. The van der Waals surface area contributed by atoms with E-state index in [1.165, 1.54) is 38.1 Å². The maximum atomic E-state index is 12.6. The largest absolute Gasteiger partial charge is 0.299 e. The van der Waals surface area contributed by atoms with Crippen molar-refractivity contribution >= 4 is 17.3 Å². The molecule has 0 N–H and O–H groups in total. The Hall–Kier alpha value is -1.84. The zero-order chi connectivity index (χ0) is 13.0. The number of carbonyl (C=O) groups excluding carboxylic acids is 3. The van der Waals surface area contributed by atoms with Gasteiger partial charge in [0, 0.05) is 12.0 Å². The summed E-state index contributed by atoms with van der Waals surface area (Å²) in [5.41, 5.74) is 0.305. The van der Waals surface area contributed by atoms with E-state index in [0.717, 1.165) is 0 Å². The Balaban J connectivity index is 2.81. The number of hydrogen-bond donors (Lipinski definition) is 0. The van der Waals surface area contributed by atoms with Gasteiger partial charge in [-0.05, 0) is 38.1 Å². The highest BCUT2D eigenvalue weighted by atomic mass is 19.1. The van der Waals surface area contributed by atoms with Crippen LogP contribution in [0, 0.1) is 11.7 Å². The Morgan fingerprint density at radius 1 is 1.06 bits per heavy atom. The SMILES string of the molecule is CC(=O)C(CC(=O)c1ccc(F)cc1)C(C)=O. The first-order valence-corrected chi connectivity index (χ1v) is 5.21. The third-order valence-electron chi connectivity index (χ3n) is 2.54. The standard InChI is InChI=1S/C13H13FO3/c1-8(15)12(9(2)16)7-13(17)10-3-5-11(14)6-4-10/h3-6,12H,7H2,1-2H3. The third kappa shape index (κ3) is 3.59. The van der Waals surface area contributed by atoms with E-state index in [0.29, 0.717) is 5.56 Å². The molecule has 3 nitrogen and oxygen atoms in total. The summed E-state index contributed by atoms with van der Waals surface area (Å²) >= 11 is 0. The molecule has 0 saturated heterocycles. The van der Waals surface area contributed by atoms with Crippen molar-refractivity contribution < 1.29 is 18.8 Å². The molecule has 90 valence electrons. The van der Waals surface area contributed by atoms with Crippen molar-refractivity contribution in [3.8, 4) is 0 Å². The number of Topliss-reactive ketones (excluding diaryl/α,β-unsaturated/α-hetero) is 3. The molecule has 0 bridgehead atoms. The zero-order valence-corrected chi connectivity index (χ0v) is 9.70. The van der Waals surface area contributed by atoms with Gasteiger partial charge in [0.1, 0.15) is 17.4 Å². The van der Waals surface area contributed by atoms with Gasteiger partial charge in [0.25, 0.3) is 0 Å². The molecule has 0 saturated carbocycles. The van der Waals surface area contributed by atoms with Crippen LogP contribution < -0.4 is 0 Å². The van der Waals surface area contributed by atoms with Gasteiger partial charge in [-0.15, -0.1) is 0 Å². The molecule has 1 aromatic rings. The van der Waals surface area contributed by atoms with Crippen molar-refractivity contribution in [2.75, 3.05) is 0 Å². The molecule has 17 heavy (non-hydrogen) atoms. The zero-order valence-electron chi connectivity index (χ0n) is 9.70. The Morgan fingerprint density at radius 3 is 1.94 bits per heavy atom. The lowest BCUT2D eigenvalue weighted by atomic mass is 9.92. The first kappa shape index (κ1) is 13.2. The Bertz CT molecular complexity index is 434. The summed E-state index contributed by atoms with van der Waals surface area (Å²) in [6.07, 6.45) is -0.156. The first-order valence-electron chi connectivity index (χ1n) is 5.21. The molecule has 0 spiro atoms. The van der Waals surface area contributed by atoms with E-state index in [2.05, 4.69) is 0 Å². The first-order chi connectivity index (χ1) is 7.91. The second kappa shape index (κ2) is 5.48. The van der Waals surface area contributed by atoms with Crippen LogP contribution in [0.2, 0.25) is 0 Å². The second-order valence-electron chi connectivity index (χ2n) is 3.91. The number of carbonyl (C=O) groups is 3. The molecule has 0 aliphatic carbocycles. The molecule has 0 amide bonds. The van der Waals surface area contributed by atoms with Gasteiger partial charge in [0.2, 0.25) is 0 Å². The number of rotatable bonds is 5. The molecule has 1 aromatic carbocycles. The molecule has 0 aliphatic heterocycles. The van der Waals surface area contributed by atoms with E-state index in [9.17, 15) is 18.8 Å². The van der Waals surface area contributed by atoms with Gasteiger partial charge in [-0.3, -0.25) is 14.4 Å². The topological polar surface area (TPSA) is 51.2 Å². The van der Waals surface area contributed by atoms with E-state index < -0.39 is 11.7 Å². The van der Waals surface area contributed by atoms with E-state index >= 15 is 0 Å². The molecular formula is C13H13FO3. The van der Waals surface area contributed by atoms with E-state index in [4.69, 9.17) is 0 Å². The lowest BCUT2D eigenvalue weighted by molar-refractivity contribution is -0.130. The summed E-state index contributed by atoms with van der Waals surface area (Å²) in [5, 5.41) is 0. The second-order valence-corrected chi connectivity index (χ2v) is 3.91. The van der Waals surface area contributed by atoms with Gasteiger partial charge in [-0.25, -0.2) is 4.39 Å². The van der Waals surface area contributed by atoms with Crippen LogP contribution in [0.3, 0.4) is 0 Å². The quantitative estimate of drug-likeness (QED) is 0.581. The number of benzene rings is 1. The van der Waals surface area contributed by atoms with Crippen LogP contribution in [-0.4, -0.2) is 17.3 Å². The molecule has 4 heteroatoms. The summed E-state index contributed by atoms with van der Waals surface area (Å²) in [4.78, 5) is 34.1. The van der Waals surface area contributed by atoms with E-state index in [1.807, 2.05) is 0 Å². The smallest absolute Gasteiger partial charge is 0.164 e. The molecule has 0 fully saturated rings. The summed E-state index contributed by atoms with van der Waals surface area (Å²) < 4.78 is 12.6. The summed E-state index contributed by atoms with van der Waals surface area (Å²) in [6, 6.07) is 5.03. The average molecular weight is 236 g/mol. The maximum absolute atomic E-state index is 12.6. The predicted octanol–water partition coefficient (Wildman–Crippen LogP) is 2.19. The summed E-state index contributed by atoms with van der Waals surface area (Å²) in [5.74, 6) is -2.31. The summed E-state index contributed by atoms with van der Waals surface area (Å²) in [7, 11) is 0. The van der Waals surface area contributed by atoms with Crippen LogP contribution in [0.4, 0.5) is 4.39 Å². The Kier molecular flexibility index (Phi) is 4.26. The fraction of sp³-hybridized carbons (Fsp3) is 0.308. The molecule has 0 aromatic heterocycles. The molecule has 0 unspecified atom stereocenters. The van der Waals surface area contributed by atoms with Gasteiger partial charge >= 0.3 is 0 Å². The van der Waals surface area contributed by atoms with Crippen molar-refractivity contribution in [3.63, 3.8) is 0 Å². The van der Waals surface area contributed by atoms with Crippen LogP contribution in [0.15, 0.2) is 24.3 Å². The van der Waals surface area contributed by atoms with Gasteiger partial charge in [0.15, 0.2) is 5.78 Å². The molecule has 1 rings (SSSR count). The fourth-order valence-corrected chi connectivity index (χ4v) is 1.51. The third-order valence-corrected chi connectivity index (χ3v) is 2.54. The normalized spacial score (nSPS) is 10.4. The highest BCUT2D eigenvalue weighted by Gasteiger charge is 2.23. The highest BCUT2D eigenvalue weighted by Crippen LogP contribution is 2.13. The van der Waals surface area contributed by atoms with Gasteiger partial charge in [0.05, 0.1) is 5.92 Å². The van der Waals surface area contributed by atoms with Gasteiger partial charge in [-0.2, -0.15) is 0 Å². The van der Waals surface area contributed by atoms with Crippen molar-refractivity contribution in [1.29, 1.82) is 0 Å². The minimum atomic E-state index is -0.896. The van der Waals surface area contributed by atoms with Crippen LogP contribution in [0.5, 0.6) is 0 Å². The van der Waals surface area contributed by atoms with E-state index in [1.54, 1.807) is 0 Å². The summed E-state index contributed by atoms with van der Waals surface area (Å²) in [6.45, 7) is 2.56. The number of halogens is 1. The monoisotopic (exact) mass is 236 g/mol. The Morgan fingerprint density at radius 2 is 1.53 bits per heavy atom. The lowest BCUT2D eigenvalue weighted by Gasteiger charge is -2.08. The lowest BCUT2D eigenvalue weighted by Crippen LogP contribution is -2.22. The Labute approximate surface area is 98.6 Å². The average Bonchev–Trinajstić information content (AvgIpc) is 2.25. The predicted molar refractivity (Wildman–Crippen MR) is 60.2 cm³/mol. The minimum Gasteiger partial charge on any atom is -0.299 e. The van der Waals surface area contributed by atoms with Crippen molar-refractivity contribution in [2.45, 2.75) is 20.3 Å². The van der Waals surface area contributed by atoms with Crippen LogP contribution in [0.1, 0.15) is 30.6 Å². The molecular weight excluding hydrogens is 223 g/mol. The van der Waals surface area contributed by atoms with Crippen LogP contribution in [0.25, 0.3) is 0 Å². The number of hydrogen-bond acceptors (Lipinski definition) is 3. The van der Waals surface area contributed by atoms with Crippen molar-refractivity contribution in [2.24, 2.45) is 5.92 Å². The van der Waals surface area contributed by atoms with Crippen LogP contribution >= 0.6 is 0 Å². The molecule has 0 heterocycles. The van der Waals surface area contributed by atoms with Crippen molar-refractivity contribution in [3.05, 3.63) is 35.6 Å². The highest BCUT2D eigenvalue weighted by molar-refractivity contribution is 6.06. The number of ketones is 3. The molecule has 0 atom stereocenters.